The predicted octanol–water partition coefficient (Wildman–Crippen LogP) is 2.04. The zero-order valence-electron chi connectivity index (χ0n) is 12.5. The quantitative estimate of drug-likeness (QED) is 0.721. The highest BCUT2D eigenvalue weighted by Crippen LogP contribution is 2.19. The number of rotatable bonds is 7. The topological polar surface area (TPSA) is 78.4 Å². The zero-order chi connectivity index (χ0) is 16.2. The number of aliphatic hydroxyl groups excluding tert-OH is 1. The van der Waals surface area contributed by atoms with E-state index in [-0.39, 0.29) is 10.9 Å². The summed E-state index contributed by atoms with van der Waals surface area (Å²) >= 11 is 1.55. The molecule has 0 radical (unpaired) electrons. The Morgan fingerprint density at radius 3 is 2.41 bits per heavy atom. The molecule has 0 saturated carbocycles. The predicted molar refractivity (Wildman–Crippen MR) is 88.4 cm³/mol. The SMILES string of the molecule is CNS(=O)(=O)c1ccc(C(C)NCC(O)c2ccsc2)cc1. The Morgan fingerprint density at radius 2 is 1.86 bits per heavy atom. The van der Waals surface area contributed by atoms with E-state index in [1.165, 1.54) is 7.05 Å². The minimum absolute atomic E-state index is 0.0135. The van der Waals surface area contributed by atoms with Crippen molar-refractivity contribution in [2.24, 2.45) is 0 Å². The van der Waals surface area contributed by atoms with Crippen molar-refractivity contribution in [1.29, 1.82) is 0 Å². The molecule has 0 aliphatic carbocycles. The number of hydrogen-bond donors (Lipinski definition) is 3. The van der Waals surface area contributed by atoms with Crippen molar-refractivity contribution in [2.75, 3.05) is 13.6 Å². The summed E-state index contributed by atoms with van der Waals surface area (Å²) in [7, 11) is -2.02. The molecular weight excluding hydrogens is 320 g/mol. The normalized spacial score (nSPS) is 14.7. The van der Waals surface area contributed by atoms with Crippen LogP contribution in [0.5, 0.6) is 0 Å². The van der Waals surface area contributed by atoms with Gasteiger partial charge in [-0.05, 0) is 54.1 Å². The van der Waals surface area contributed by atoms with Gasteiger partial charge in [0.15, 0.2) is 0 Å². The molecule has 0 amide bonds. The van der Waals surface area contributed by atoms with E-state index < -0.39 is 16.1 Å². The molecule has 120 valence electrons. The van der Waals surface area contributed by atoms with Gasteiger partial charge in [-0.2, -0.15) is 11.3 Å². The highest BCUT2D eigenvalue weighted by atomic mass is 32.2. The van der Waals surface area contributed by atoms with Crippen molar-refractivity contribution >= 4 is 21.4 Å². The lowest BCUT2D eigenvalue weighted by Crippen LogP contribution is -2.24. The summed E-state index contributed by atoms with van der Waals surface area (Å²) in [5, 5.41) is 17.2. The molecule has 2 atom stereocenters. The minimum Gasteiger partial charge on any atom is -0.387 e. The van der Waals surface area contributed by atoms with Crippen LogP contribution in [-0.4, -0.2) is 27.1 Å². The van der Waals surface area contributed by atoms with E-state index in [1.807, 2.05) is 23.8 Å². The number of aliphatic hydroxyl groups is 1. The molecule has 1 aromatic carbocycles. The van der Waals surface area contributed by atoms with E-state index in [4.69, 9.17) is 0 Å². The third-order valence-corrected chi connectivity index (χ3v) is 5.64. The Hall–Kier alpha value is -1.25. The van der Waals surface area contributed by atoms with Crippen LogP contribution in [-0.2, 0) is 10.0 Å². The van der Waals surface area contributed by atoms with Crippen LogP contribution in [0.2, 0.25) is 0 Å². The van der Waals surface area contributed by atoms with Gasteiger partial charge in [-0.25, -0.2) is 13.1 Å². The molecule has 0 aliphatic rings. The van der Waals surface area contributed by atoms with Gasteiger partial charge in [0.1, 0.15) is 0 Å². The molecule has 5 nitrogen and oxygen atoms in total. The number of benzene rings is 1. The van der Waals surface area contributed by atoms with Gasteiger partial charge in [0.2, 0.25) is 10.0 Å². The van der Waals surface area contributed by atoms with Crippen molar-refractivity contribution in [3.8, 4) is 0 Å². The lowest BCUT2D eigenvalue weighted by molar-refractivity contribution is 0.171. The summed E-state index contributed by atoms with van der Waals surface area (Å²) in [6, 6.07) is 8.62. The molecule has 1 aromatic heterocycles. The van der Waals surface area contributed by atoms with Gasteiger partial charge < -0.3 is 10.4 Å². The number of nitrogens with one attached hydrogen (secondary N) is 2. The molecule has 2 unspecified atom stereocenters. The highest BCUT2D eigenvalue weighted by Gasteiger charge is 2.13. The summed E-state index contributed by atoms with van der Waals surface area (Å²) in [4.78, 5) is 0.240. The van der Waals surface area contributed by atoms with E-state index >= 15 is 0 Å². The van der Waals surface area contributed by atoms with Gasteiger partial charge in [-0.3, -0.25) is 0 Å². The second kappa shape index (κ2) is 7.34. The number of hydrogen-bond acceptors (Lipinski definition) is 5. The van der Waals surface area contributed by atoms with E-state index in [0.717, 1.165) is 11.1 Å². The van der Waals surface area contributed by atoms with Crippen LogP contribution in [0.1, 0.15) is 30.2 Å². The first-order valence-electron chi connectivity index (χ1n) is 6.91. The minimum atomic E-state index is -3.41. The molecule has 2 rings (SSSR count). The molecule has 0 spiro atoms. The third-order valence-electron chi connectivity index (χ3n) is 3.50. The van der Waals surface area contributed by atoms with Crippen LogP contribution in [0.15, 0.2) is 46.0 Å². The van der Waals surface area contributed by atoms with Crippen molar-refractivity contribution in [1.82, 2.24) is 10.0 Å². The molecule has 0 bridgehead atoms. The standard InChI is InChI=1S/C15H20N2O3S2/c1-11(17-9-15(18)13-7-8-21-10-13)12-3-5-14(6-4-12)22(19,20)16-2/h3-8,10-11,15-18H,9H2,1-2H3. The second-order valence-corrected chi connectivity index (χ2v) is 7.65. The first kappa shape index (κ1) is 17.1. The molecule has 1 heterocycles. The lowest BCUT2D eigenvalue weighted by atomic mass is 10.1. The Balaban J connectivity index is 1.97. The average molecular weight is 340 g/mol. The van der Waals surface area contributed by atoms with Crippen LogP contribution in [0.4, 0.5) is 0 Å². The van der Waals surface area contributed by atoms with E-state index in [1.54, 1.807) is 35.6 Å². The average Bonchev–Trinajstić information content (AvgIpc) is 3.07. The van der Waals surface area contributed by atoms with Gasteiger partial charge in [-0.1, -0.05) is 12.1 Å². The van der Waals surface area contributed by atoms with Gasteiger partial charge in [0, 0.05) is 12.6 Å². The van der Waals surface area contributed by atoms with Crippen molar-refractivity contribution in [3.05, 3.63) is 52.2 Å². The van der Waals surface area contributed by atoms with Crippen molar-refractivity contribution in [3.63, 3.8) is 0 Å². The van der Waals surface area contributed by atoms with Gasteiger partial charge in [-0.15, -0.1) is 0 Å². The molecule has 2 aromatic rings. The summed E-state index contributed by atoms with van der Waals surface area (Å²) < 4.78 is 25.6. The Labute approximate surface area is 135 Å². The first-order chi connectivity index (χ1) is 10.4. The first-order valence-corrected chi connectivity index (χ1v) is 9.33. The molecule has 0 saturated heterocycles. The molecule has 22 heavy (non-hydrogen) atoms. The Bertz CT molecular complexity index is 682. The fourth-order valence-electron chi connectivity index (χ4n) is 2.04. The van der Waals surface area contributed by atoms with Gasteiger partial charge >= 0.3 is 0 Å². The number of thiophene rings is 1. The lowest BCUT2D eigenvalue weighted by Gasteiger charge is -2.17. The fraction of sp³-hybridized carbons (Fsp3) is 0.333. The second-order valence-electron chi connectivity index (χ2n) is 4.98. The highest BCUT2D eigenvalue weighted by molar-refractivity contribution is 7.89. The summed E-state index contributed by atoms with van der Waals surface area (Å²) in [6.45, 7) is 2.41. The smallest absolute Gasteiger partial charge is 0.240 e. The van der Waals surface area contributed by atoms with Crippen LogP contribution < -0.4 is 10.0 Å². The molecule has 0 fully saturated rings. The van der Waals surface area contributed by atoms with Crippen LogP contribution in [0, 0.1) is 0 Å². The van der Waals surface area contributed by atoms with Crippen LogP contribution in [0.3, 0.4) is 0 Å². The maximum absolute atomic E-state index is 11.7. The van der Waals surface area contributed by atoms with E-state index in [9.17, 15) is 13.5 Å². The van der Waals surface area contributed by atoms with Gasteiger partial charge in [0.05, 0.1) is 11.0 Å². The summed E-state index contributed by atoms with van der Waals surface area (Å²) in [5.74, 6) is 0. The zero-order valence-corrected chi connectivity index (χ0v) is 14.1. The molecule has 3 N–H and O–H groups in total. The largest absolute Gasteiger partial charge is 0.387 e. The maximum atomic E-state index is 11.7. The molecule has 0 aliphatic heterocycles. The number of sulfonamides is 1. The van der Waals surface area contributed by atoms with Crippen molar-refractivity contribution in [2.45, 2.75) is 24.0 Å². The monoisotopic (exact) mass is 340 g/mol. The Kier molecular flexibility index (Phi) is 5.71. The van der Waals surface area contributed by atoms with Crippen LogP contribution >= 0.6 is 11.3 Å². The van der Waals surface area contributed by atoms with E-state index in [0.29, 0.717) is 6.54 Å². The van der Waals surface area contributed by atoms with Gasteiger partial charge in [0.25, 0.3) is 0 Å². The summed E-state index contributed by atoms with van der Waals surface area (Å²) in [6.07, 6.45) is -0.544. The molecular formula is C15H20N2O3S2. The Morgan fingerprint density at radius 1 is 1.18 bits per heavy atom. The summed E-state index contributed by atoms with van der Waals surface area (Å²) in [5.41, 5.74) is 1.87. The maximum Gasteiger partial charge on any atom is 0.240 e. The molecule has 7 heteroatoms. The van der Waals surface area contributed by atoms with Crippen molar-refractivity contribution < 1.29 is 13.5 Å². The van der Waals surface area contributed by atoms with Crippen LogP contribution in [0.25, 0.3) is 0 Å². The van der Waals surface area contributed by atoms with E-state index in [2.05, 4.69) is 10.0 Å². The third kappa shape index (κ3) is 4.15. The fourth-order valence-corrected chi connectivity index (χ4v) is 3.48.